The number of nitrogens with zero attached hydrogens (tertiary/aromatic N) is 2. The molecule has 3 aromatic rings. The van der Waals surface area contributed by atoms with Gasteiger partial charge in [-0.1, -0.05) is 17.3 Å². The van der Waals surface area contributed by atoms with E-state index < -0.39 is 0 Å². The number of hydrogen-bond acceptors (Lipinski definition) is 3. The topological polar surface area (TPSA) is 54.7 Å². The van der Waals surface area contributed by atoms with Crippen LogP contribution in [0.1, 0.15) is 0 Å². The van der Waals surface area contributed by atoms with Gasteiger partial charge in [0.05, 0.1) is 17.2 Å². The van der Waals surface area contributed by atoms with Crippen molar-refractivity contribution in [2.45, 2.75) is 0 Å². The number of benzene rings is 1. The summed E-state index contributed by atoms with van der Waals surface area (Å²) < 4.78 is 5.01. The maximum absolute atomic E-state index is 5.01. The summed E-state index contributed by atoms with van der Waals surface area (Å²) in [4.78, 5) is 7.52. The number of aromatic nitrogens is 3. The van der Waals surface area contributed by atoms with Gasteiger partial charge in [-0.25, -0.2) is 4.98 Å². The van der Waals surface area contributed by atoms with Gasteiger partial charge in [0.15, 0.2) is 5.82 Å². The molecule has 0 radical (unpaired) electrons. The Morgan fingerprint density at radius 1 is 1.14 bits per heavy atom. The summed E-state index contributed by atoms with van der Waals surface area (Å²) in [6.07, 6.45) is 1.60. The van der Waals surface area contributed by atoms with E-state index >= 15 is 0 Å². The molecule has 0 spiro atoms. The largest absolute Gasteiger partial charge is 0.353 e. The lowest BCUT2D eigenvalue weighted by Crippen LogP contribution is -1.74. The van der Waals surface area contributed by atoms with E-state index in [0.29, 0.717) is 11.6 Å². The van der Waals surface area contributed by atoms with E-state index in [-0.39, 0.29) is 0 Å². The molecule has 2 aromatic heterocycles. The Kier molecular flexibility index (Phi) is 1.41. The zero-order valence-corrected chi connectivity index (χ0v) is 7.27. The van der Waals surface area contributed by atoms with Gasteiger partial charge in [0, 0.05) is 6.07 Å². The van der Waals surface area contributed by atoms with Crippen LogP contribution in [0, 0.1) is 0 Å². The second kappa shape index (κ2) is 2.70. The first-order valence-electron chi connectivity index (χ1n) is 4.29. The van der Waals surface area contributed by atoms with Crippen molar-refractivity contribution in [1.29, 1.82) is 0 Å². The standard InChI is InChI=1S/C10H7N3O/c1-2-4-8-7(3-1)12-10(13-8)9-5-6-11-14-9/h1-6H,(H,12,13). The van der Waals surface area contributed by atoms with E-state index in [9.17, 15) is 0 Å². The van der Waals surface area contributed by atoms with Gasteiger partial charge >= 0.3 is 0 Å². The molecular weight excluding hydrogens is 178 g/mol. The molecule has 0 aliphatic carbocycles. The molecule has 68 valence electrons. The van der Waals surface area contributed by atoms with E-state index in [1.54, 1.807) is 12.3 Å². The quantitative estimate of drug-likeness (QED) is 0.632. The first-order chi connectivity index (χ1) is 6.93. The van der Waals surface area contributed by atoms with Crippen LogP contribution in [0.5, 0.6) is 0 Å². The van der Waals surface area contributed by atoms with E-state index in [1.165, 1.54) is 0 Å². The number of nitrogens with one attached hydrogen (secondary N) is 1. The second-order valence-corrected chi connectivity index (χ2v) is 2.98. The molecule has 0 amide bonds. The summed E-state index contributed by atoms with van der Waals surface area (Å²) >= 11 is 0. The van der Waals surface area contributed by atoms with Gasteiger partial charge in [-0.05, 0) is 12.1 Å². The van der Waals surface area contributed by atoms with Crippen LogP contribution >= 0.6 is 0 Å². The highest BCUT2D eigenvalue weighted by molar-refractivity contribution is 5.78. The first-order valence-corrected chi connectivity index (χ1v) is 4.29. The average molecular weight is 185 g/mol. The van der Waals surface area contributed by atoms with Gasteiger partial charge in [-0.15, -0.1) is 0 Å². The van der Waals surface area contributed by atoms with Gasteiger partial charge in [-0.2, -0.15) is 0 Å². The van der Waals surface area contributed by atoms with Gasteiger partial charge in [0.1, 0.15) is 0 Å². The van der Waals surface area contributed by atoms with Crippen LogP contribution in [0.2, 0.25) is 0 Å². The lowest BCUT2D eigenvalue weighted by Gasteiger charge is -1.83. The van der Waals surface area contributed by atoms with Crippen molar-refractivity contribution in [3.63, 3.8) is 0 Å². The number of rotatable bonds is 1. The summed E-state index contributed by atoms with van der Waals surface area (Å²) in [5.74, 6) is 1.37. The molecule has 0 unspecified atom stereocenters. The molecule has 0 fully saturated rings. The van der Waals surface area contributed by atoms with Crippen molar-refractivity contribution in [1.82, 2.24) is 15.1 Å². The predicted molar refractivity (Wildman–Crippen MR) is 51.6 cm³/mol. The Morgan fingerprint density at radius 2 is 2.07 bits per heavy atom. The van der Waals surface area contributed by atoms with Crippen LogP contribution in [0.25, 0.3) is 22.6 Å². The molecule has 4 nitrogen and oxygen atoms in total. The SMILES string of the molecule is c1ccc2[nH]c(-c3ccno3)nc2c1. The van der Waals surface area contributed by atoms with Crippen molar-refractivity contribution >= 4 is 11.0 Å². The van der Waals surface area contributed by atoms with Gasteiger partial charge in [0.25, 0.3) is 0 Å². The monoisotopic (exact) mass is 185 g/mol. The third-order valence-electron chi connectivity index (χ3n) is 2.06. The lowest BCUT2D eigenvalue weighted by molar-refractivity contribution is 0.430. The Balaban J connectivity index is 2.24. The first kappa shape index (κ1) is 7.32. The second-order valence-electron chi connectivity index (χ2n) is 2.98. The zero-order valence-electron chi connectivity index (χ0n) is 7.27. The highest BCUT2D eigenvalue weighted by Gasteiger charge is 2.06. The van der Waals surface area contributed by atoms with Crippen LogP contribution in [0.3, 0.4) is 0 Å². The number of imidazole rings is 1. The van der Waals surface area contributed by atoms with Crippen LogP contribution < -0.4 is 0 Å². The predicted octanol–water partition coefficient (Wildman–Crippen LogP) is 2.22. The highest BCUT2D eigenvalue weighted by atomic mass is 16.5. The molecule has 4 heteroatoms. The summed E-state index contributed by atoms with van der Waals surface area (Å²) in [7, 11) is 0. The molecule has 14 heavy (non-hydrogen) atoms. The van der Waals surface area contributed by atoms with E-state index in [1.807, 2.05) is 24.3 Å². The van der Waals surface area contributed by atoms with Crippen LogP contribution in [-0.2, 0) is 0 Å². The molecule has 0 aliphatic heterocycles. The molecule has 0 bridgehead atoms. The van der Waals surface area contributed by atoms with E-state index in [0.717, 1.165) is 11.0 Å². The van der Waals surface area contributed by atoms with Gasteiger partial charge < -0.3 is 9.51 Å². The Bertz CT molecular complexity index is 521. The molecule has 1 aromatic carbocycles. The molecule has 1 N–H and O–H groups in total. The molecule has 0 saturated carbocycles. The van der Waals surface area contributed by atoms with Crippen LogP contribution in [0.15, 0.2) is 41.1 Å². The third-order valence-corrected chi connectivity index (χ3v) is 2.06. The van der Waals surface area contributed by atoms with Crippen LogP contribution in [-0.4, -0.2) is 15.1 Å². The Labute approximate surface area is 79.6 Å². The Morgan fingerprint density at radius 3 is 2.86 bits per heavy atom. The Hall–Kier alpha value is -2.10. The van der Waals surface area contributed by atoms with Crippen molar-refractivity contribution in [2.75, 3.05) is 0 Å². The maximum atomic E-state index is 5.01. The fourth-order valence-electron chi connectivity index (χ4n) is 1.41. The number of para-hydroxylation sites is 2. The van der Waals surface area contributed by atoms with E-state index in [2.05, 4.69) is 15.1 Å². The van der Waals surface area contributed by atoms with Gasteiger partial charge in [-0.3, -0.25) is 0 Å². The number of H-pyrrole nitrogens is 1. The van der Waals surface area contributed by atoms with Crippen molar-refractivity contribution in [2.24, 2.45) is 0 Å². The summed E-state index contributed by atoms with van der Waals surface area (Å²) in [5.41, 5.74) is 1.93. The minimum Gasteiger partial charge on any atom is -0.353 e. The van der Waals surface area contributed by atoms with Crippen molar-refractivity contribution < 1.29 is 4.52 Å². The smallest absolute Gasteiger partial charge is 0.202 e. The summed E-state index contributed by atoms with van der Waals surface area (Å²) in [6.45, 7) is 0. The van der Waals surface area contributed by atoms with E-state index in [4.69, 9.17) is 4.52 Å². The summed E-state index contributed by atoms with van der Waals surface area (Å²) in [6, 6.07) is 9.61. The van der Waals surface area contributed by atoms with Crippen molar-refractivity contribution in [3.05, 3.63) is 36.5 Å². The number of hydrogen-bond donors (Lipinski definition) is 1. The third kappa shape index (κ3) is 1.01. The fourth-order valence-corrected chi connectivity index (χ4v) is 1.41. The normalized spacial score (nSPS) is 10.9. The maximum Gasteiger partial charge on any atom is 0.202 e. The lowest BCUT2D eigenvalue weighted by atomic mass is 10.3. The highest BCUT2D eigenvalue weighted by Crippen LogP contribution is 2.18. The fraction of sp³-hybridized carbons (Fsp3) is 0. The van der Waals surface area contributed by atoms with Crippen molar-refractivity contribution in [3.8, 4) is 11.6 Å². The molecule has 0 aliphatic rings. The zero-order chi connectivity index (χ0) is 9.38. The average Bonchev–Trinajstić information content (AvgIpc) is 2.86. The molecule has 3 rings (SSSR count). The molecule has 0 saturated heterocycles. The van der Waals surface area contributed by atoms with Gasteiger partial charge in [0.2, 0.25) is 5.76 Å². The minimum atomic E-state index is 0.654. The molecular formula is C10H7N3O. The number of fused-ring (bicyclic) bond motifs is 1. The molecule has 0 atom stereocenters. The minimum absolute atomic E-state index is 0.654. The summed E-state index contributed by atoms with van der Waals surface area (Å²) in [5, 5.41) is 3.63. The molecule has 2 heterocycles. The number of aromatic amines is 1. The van der Waals surface area contributed by atoms with Crippen LogP contribution in [0.4, 0.5) is 0 Å².